The molecule has 1 amide bonds. The summed E-state index contributed by atoms with van der Waals surface area (Å²) in [5.41, 5.74) is 2.08. The molecule has 0 unspecified atom stereocenters. The van der Waals surface area contributed by atoms with Gasteiger partial charge in [0.25, 0.3) is 0 Å². The SMILES string of the molecule is Cc1nc(CC(=O)N2CCc3nc(Cc4ccccc4)nn3CC2)cs1. The fourth-order valence-electron chi connectivity index (χ4n) is 3.21. The summed E-state index contributed by atoms with van der Waals surface area (Å²) in [7, 11) is 0. The van der Waals surface area contributed by atoms with E-state index in [4.69, 9.17) is 4.98 Å². The van der Waals surface area contributed by atoms with Crippen LogP contribution in [0.15, 0.2) is 35.7 Å². The van der Waals surface area contributed by atoms with Gasteiger partial charge in [-0.15, -0.1) is 11.3 Å². The van der Waals surface area contributed by atoms with Gasteiger partial charge in [-0.05, 0) is 12.5 Å². The number of carbonyl (C=O) groups is 1. The molecule has 0 N–H and O–H groups in total. The Kier molecular flexibility index (Phi) is 4.79. The van der Waals surface area contributed by atoms with Crippen LogP contribution in [0.1, 0.15) is 27.9 Å². The molecule has 2 aromatic heterocycles. The smallest absolute Gasteiger partial charge is 0.228 e. The van der Waals surface area contributed by atoms with Crippen molar-refractivity contribution in [2.24, 2.45) is 0 Å². The van der Waals surface area contributed by atoms with E-state index in [1.807, 2.05) is 40.1 Å². The first-order valence-corrected chi connectivity index (χ1v) is 9.70. The van der Waals surface area contributed by atoms with Crippen LogP contribution < -0.4 is 0 Å². The van der Waals surface area contributed by atoms with E-state index in [9.17, 15) is 4.79 Å². The Morgan fingerprint density at radius 3 is 2.77 bits per heavy atom. The summed E-state index contributed by atoms with van der Waals surface area (Å²) < 4.78 is 1.96. The van der Waals surface area contributed by atoms with E-state index in [2.05, 4.69) is 22.2 Å². The molecule has 6 nitrogen and oxygen atoms in total. The summed E-state index contributed by atoms with van der Waals surface area (Å²) in [5, 5.41) is 7.61. The molecular weight excluding hydrogens is 346 g/mol. The molecule has 3 aromatic rings. The summed E-state index contributed by atoms with van der Waals surface area (Å²) in [6.07, 6.45) is 1.86. The van der Waals surface area contributed by atoms with Gasteiger partial charge >= 0.3 is 0 Å². The van der Waals surface area contributed by atoms with E-state index < -0.39 is 0 Å². The minimum atomic E-state index is 0.130. The minimum Gasteiger partial charge on any atom is -0.340 e. The molecule has 1 aliphatic rings. The highest BCUT2D eigenvalue weighted by atomic mass is 32.1. The van der Waals surface area contributed by atoms with Crippen molar-refractivity contribution in [3.05, 3.63) is 63.6 Å². The maximum absolute atomic E-state index is 12.6. The highest BCUT2D eigenvalue weighted by molar-refractivity contribution is 7.09. The maximum Gasteiger partial charge on any atom is 0.228 e. The van der Waals surface area contributed by atoms with E-state index in [0.717, 1.165) is 35.2 Å². The summed E-state index contributed by atoms with van der Waals surface area (Å²) in [4.78, 5) is 23.5. The van der Waals surface area contributed by atoms with Crippen LogP contribution >= 0.6 is 11.3 Å². The Bertz CT molecular complexity index is 876. The van der Waals surface area contributed by atoms with Gasteiger partial charge in [-0.1, -0.05) is 30.3 Å². The van der Waals surface area contributed by atoms with Gasteiger partial charge in [0.05, 0.1) is 23.7 Å². The Hall–Kier alpha value is -2.54. The summed E-state index contributed by atoms with van der Waals surface area (Å²) >= 11 is 1.58. The van der Waals surface area contributed by atoms with E-state index >= 15 is 0 Å². The predicted octanol–water partition coefficient (Wildman–Crippen LogP) is 2.26. The van der Waals surface area contributed by atoms with Crippen molar-refractivity contribution >= 4 is 17.2 Å². The van der Waals surface area contributed by atoms with Crippen molar-refractivity contribution in [3.63, 3.8) is 0 Å². The van der Waals surface area contributed by atoms with Crippen molar-refractivity contribution in [2.75, 3.05) is 13.1 Å². The van der Waals surface area contributed by atoms with Crippen molar-refractivity contribution < 1.29 is 4.79 Å². The van der Waals surface area contributed by atoms with Gasteiger partial charge in [-0.25, -0.2) is 14.6 Å². The number of rotatable bonds is 4. The van der Waals surface area contributed by atoms with E-state index in [1.54, 1.807) is 11.3 Å². The lowest BCUT2D eigenvalue weighted by Crippen LogP contribution is -2.35. The van der Waals surface area contributed by atoms with E-state index in [-0.39, 0.29) is 5.91 Å². The van der Waals surface area contributed by atoms with Crippen molar-refractivity contribution in [1.82, 2.24) is 24.6 Å². The van der Waals surface area contributed by atoms with Crippen LogP contribution in [0.2, 0.25) is 0 Å². The quantitative estimate of drug-likeness (QED) is 0.710. The second-order valence-electron chi connectivity index (χ2n) is 6.50. The monoisotopic (exact) mass is 367 g/mol. The molecule has 0 radical (unpaired) electrons. The number of fused-ring (bicyclic) bond motifs is 1. The molecule has 7 heteroatoms. The molecule has 1 aliphatic heterocycles. The number of aromatic nitrogens is 4. The molecule has 1 aromatic carbocycles. The molecule has 0 saturated carbocycles. The normalized spacial score (nSPS) is 14.1. The number of benzene rings is 1. The fourth-order valence-corrected chi connectivity index (χ4v) is 3.82. The van der Waals surface area contributed by atoms with Crippen LogP contribution in [0.4, 0.5) is 0 Å². The third-order valence-electron chi connectivity index (χ3n) is 4.54. The van der Waals surface area contributed by atoms with E-state index in [1.165, 1.54) is 5.56 Å². The van der Waals surface area contributed by atoms with Crippen LogP contribution in [0, 0.1) is 6.92 Å². The summed E-state index contributed by atoms with van der Waals surface area (Å²) in [6.45, 7) is 4.01. The van der Waals surface area contributed by atoms with Gasteiger partial charge in [0.2, 0.25) is 5.91 Å². The minimum absolute atomic E-state index is 0.130. The molecule has 0 bridgehead atoms. The molecule has 0 spiro atoms. The van der Waals surface area contributed by atoms with Crippen LogP contribution in [-0.2, 0) is 30.6 Å². The van der Waals surface area contributed by atoms with E-state index in [0.29, 0.717) is 26.1 Å². The lowest BCUT2D eigenvalue weighted by molar-refractivity contribution is -0.130. The molecule has 0 atom stereocenters. The molecule has 0 saturated heterocycles. The Labute approximate surface area is 156 Å². The zero-order valence-corrected chi connectivity index (χ0v) is 15.6. The lowest BCUT2D eigenvalue weighted by atomic mass is 10.1. The molecule has 134 valence electrons. The van der Waals surface area contributed by atoms with Crippen LogP contribution in [0.3, 0.4) is 0 Å². The number of hydrogen-bond donors (Lipinski definition) is 0. The molecule has 0 aliphatic carbocycles. The fraction of sp³-hybridized carbons (Fsp3) is 0.368. The number of nitrogens with zero attached hydrogens (tertiary/aromatic N) is 5. The first kappa shape index (κ1) is 16.9. The molecular formula is C19H21N5OS. The molecule has 4 rings (SSSR count). The largest absolute Gasteiger partial charge is 0.340 e. The first-order chi connectivity index (χ1) is 12.7. The Morgan fingerprint density at radius 2 is 2.00 bits per heavy atom. The van der Waals surface area contributed by atoms with Gasteiger partial charge in [-0.3, -0.25) is 4.79 Å². The zero-order chi connectivity index (χ0) is 17.9. The number of carbonyl (C=O) groups excluding carboxylic acids is 1. The molecule has 0 fully saturated rings. The summed E-state index contributed by atoms with van der Waals surface area (Å²) in [5.74, 6) is 1.95. The van der Waals surface area contributed by atoms with Crippen LogP contribution in [0.5, 0.6) is 0 Å². The number of thiazole rings is 1. The van der Waals surface area contributed by atoms with Crippen molar-refractivity contribution in [1.29, 1.82) is 0 Å². The molecule has 26 heavy (non-hydrogen) atoms. The zero-order valence-electron chi connectivity index (χ0n) is 14.8. The first-order valence-electron chi connectivity index (χ1n) is 8.83. The average Bonchev–Trinajstić information content (AvgIpc) is 3.16. The Morgan fingerprint density at radius 1 is 1.15 bits per heavy atom. The Balaban J connectivity index is 1.38. The van der Waals surface area contributed by atoms with Crippen molar-refractivity contribution in [2.45, 2.75) is 32.7 Å². The number of hydrogen-bond acceptors (Lipinski definition) is 5. The highest BCUT2D eigenvalue weighted by Crippen LogP contribution is 2.13. The predicted molar refractivity (Wildman–Crippen MR) is 100 cm³/mol. The number of aryl methyl sites for hydroxylation is 1. The standard InChI is InChI=1S/C19H21N5OS/c1-14-20-16(13-26-14)12-19(25)23-8-7-18-21-17(22-24(18)10-9-23)11-15-5-3-2-4-6-15/h2-6,13H,7-12H2,1H3. The lowest BCUT2D eigenvalue weighted by Gasteiger charge is -2.19. The highest BCUT2D eigenvalue weighted by Gasteiger charge is 2.21. The van der Waals surface area contributed by atoms with Gasteiger partial charge < -0.3 is 4.90 Å². The van der Waals surface area contributed by atoms with Crippen LogP contribution in [-0.4, -0.2) is 43.6 Å². The van der Waals surface area contributed by atoms with Crippen LogP contribution in [0.25, 0.3) is 0 Å². The average molecular weight is 367 g/mol. The van der Waals surface area contributed by atoms with Gasteiger partial charge in [0, 0.05) is 31.3 Å². The maximum atomic E-state index is 12.6. The summed E-state index contributed by atoms with van der Waals surface area (Å²) in [6, 6.07) is 10.3. The second-order valence-corrected chi connectivity index (χ2v) is 7.56. The van der Waals surface area contributed by atoms with Gasteiger partial charge in [0.15, 0.2) is 5.82 Å². The van der Waals surface area contributed by atoms with Gasteiger partial charge in [0.1, 0.15) is 5.82 Å². The van der Waals surface area contributed by atoms with Gasteiger partial charge in [-0.2, -0.15) is 5.10 Å². The van der Waals surface area contributed by atoms with Crippen molar-refractivity contribution in [3.8, 4) is 0 Å². The third-order valence-corrected chi connectivity index (χ3v) is 5.36. The number of amides is 1. The second kappa shape index (κ2) is 7.37. The topological polar surface area (TPSA) is 63.9 Å². The third kappa shape index (κ3) is 3.83. The molecule has 3 heterocycles.